The minimum Gasteiger partial charge on any atom is -0.497 e. The first kappa shape index (κ1) is 13.5. The highest BCUT2D eigenvalue weighted by Gasteiger charge is 2.30. The van der Waals surface area contributed by atoms with E-state index in [0.717, 1.165) is 11.3 Å². The van der Waals surface area contributed by atoms with Gasteiger partial charge in [0, 0.05) is 0 Å². The molecule has 0 aliphatic carbocycles. The van der Waals surface area contributed by atoms with E-state index in [2.05, 4.69) is 10.4 Å². The van der Waals surface area contributed by atoms with E-state index in [1.165, 1.54) is 0 Å². The summed E-state index contributed by atoms with van der Waals surface area (Å²) in [5.74, 6) is 0.463. The molecule has 3 rings (SSSR count). The first-order valence-corrected chi connectivity index (χ1v) is 6.87. The van der Waals surface area contributed by atoms with E-state index < -0.39 is 5.97 Å². The maximum absolute atomic E-state index is 11.4. The number of anilines is 1. The number of carbonyl (C=O) groups is 1. The van der Waals surface area contributed by atoms with Gasteiger partial charge < -0.3 is 15.2 Å². The molecular weight excluding hydrogens is 270 g/mol. The van der Waals surface area contributed by atoms with E-state index in [9.17, 15) is 9.90 Å². The fraction of sp³-hybridized carbons (Fsp3) is 0.333. The van der Waals surface area contributed by atoms with Gasteiger partial charge in [0.15, 0.2) is 0 Å². The number of hydrogen-bond donors (Lipinski definition) is 2. The maximum Gasteiger partial charge on any atom is 0.341 e. The van der Waals surface area contributed by atoms with Crippen LogP contribution in [-0.2, 0) is 13.0 Å². The normalized spacial score (nSPS) is 16.4. The maximum atomic E-state index is 11.4. The Balaban J connectivity index is 1.89. The molecule has 1 aliphatic rings. The lowest BCUT2D eigenvalue weighted by Gasteiger charge is -2.12. The van der Waals surface area contributed by atoms with Gasteiger partial charge in [0.25, 0.3) is 0 Å². The largest absolute Gasteiger partial charge is 0.497 e. The number of ether oxygens (including phenoxy) is 1. The topological polar surface area (TPSA) is 76.4 Å². The van der Waals surface area contributed by atoms with Crippen LogP contribution in [0.4, 0.5) is 5.82 Å². The van der Waals surface area contributed by atoms with Crippen LogP contribution in [0.25, 0.3) is 0 Å². The van der Waals surface area contributed by atoms with Crippen molar-refractivity contribution >= 4 is 11.8 Å². The summed E-state index contributed by atoms with van der Waals surface area (Å²) in [6, 6.07) is 7.78. The molecule has 0 saturated heterocycles. The first-order chi connectivity index (χ1) is 10.1. The van der Waals surface area contributed by atoms with Crippen LogP contribution < -0.4 is 10.1 Å². The van der Waals surface area contributed by atoms with Crippen molar-refractivity contribution in [2.24, 2.45) is 0 Å². The number of fused-ring (bicyclic) bond motifs is 1. The molecule has 6 heteroatoms. The lowest BCUT2D eigenvalue weighted by Crippen LogP contribution is -2.10. The highest BCUT2D eigenvalue weighted by molar-refractivity contribution is 5.95. The molecule has 0 spiro atoms. The Labute approximate surface area is 122 Å². The second-order valence-electron chi connectivity index (χ2n) is 4.98. The molecule has 2 N–H and O–H groups in total. The number of carboxylic acids is 1. The van der Waals surface area contributed by atoms with Crippen molar-refractivity contribution in [2.45, 2.75) is 25.9 Å². The number of carboxylic acid groups (broad SMARTS) is 1. The molecule has 0 amide bonds. The van der Waals surface area contributed by atoms with Gasteiger partial charge in [0.05, 0.1) is 25.4 Å². The molecule has 21 heavy (non-hydrogen) atoms. The number of hydrogen-bond acceptors (Lipinski definition) is 4. The third kappa shape index (κ3) is 2.22. The van der Waals surface area contributed by atoms with Crippen molar-refractivity contribution in [1.82, 2.24) is 9.78 Å². The SMILES string of the molecule is CCc1nn2c(c1C(=O)O)N[C@@H](c1ccc(OC)cc1)C2. The molecule has 6 nitrogen and oxygen atoms in total. The number of rotatable bonds is 4. The zero-order valence-corrected chi connectivity index (χ0v) is 12.0. The minimum absolute atomic E-state index is 0.0300. The summed E-state index contributed by atoms with van der Waals surface area (Å²) in [5, 5.41) is 17.0. The number of methoxy groups -OCH3 is 1. The predicted molar refractivity (Wildman–Crippen MR) is 77.9 cm³/mol. The van der Waals surface area contributed by atoms with E-state index in [0.29, 0.717) is 24.5 Å². The summed E-state index contributed by atoms with van der Waals surface area (Å²) >= 11 is 0. The average molecular weight is 287 g/mol. The summed E-state index contributed by atoms with van der Waals surface area (Å²) in [7, 11) is 1.63. The number of nitrogens with one attached hydrogen (secondary N) is 1. The van der Waals surface area contributed by atoms with E-state index in [-0.39, 0.29) is 11.6 Å². The van der Waals surface area contributed by atoms with Gasteiger partial charge in [-0.25, -0.2) is 9.48 Å². The van der Waals surface area contributed by atoms with E-state index in [1.807, 2.05) is 31.2 Å². The number of nitrogens with zero attached hydrogens (tertiary/aromatic N) is 2. The van der Waals surface area contributed by atoms with Gasteiger partial charge in [0.2, 0.25) is 0 Å². The molecule has 0 fully saturated rings. The number of aromatic nitrogens is 2. The molecule has 1 aliphatic heterocycles. The summed E-state index contributed by atoms with van der Waals surface area (Å²) in [4.78, 5) is 11.4. The highest BCUT2D eigenvalue weighted by Crippen LogP contribution is 2.33. The second kappa shape index (κ2) is 5.12. The Morgan fingerprint density at radius 1 is 1.48 bits per heavy atom. The van der Waals surface area contributed by atoms with Crippen molar-refractivity contribution in [3.05, 3.63) is 41.1 Å². The molecule has 110 valence electrons. The molecule has 0 bridgehead atoms. The van der Waals surface area contributed by atoms with Gasteiger partial charge in [-0.05, 0) is 24.1 Å². The Morgan fingerprint density at radius 3 is 2.76 bits per heavy atom. The molecule has 1 atom stereocenters. The van der Waals surface area contributed by atoms with Crippen LogP contribution in [0.2, 0.25) is 0 Å². The molecule has 2 aromatic rings. The monoisotopic (exact) mass is 287 g/mol. The molecule has 1 aromatic heterocycles. The standard InChI is InChI=1S/C15H17N3O3/c1-3-11-13(15(19)20)14-16-12(8-18(14)17-11)9-4-6-10(21-2)7-5-9/h4-7,12,16H,3,8H2,1-2H3,(H,19,20)/t12-/m1/s1. The fourth-order valence-electron chi connectivity index (χ4n) is 2.67. The predicted octanol–water partition coefficient (Wildman–Crippen LogP) is 2.32. The number of aromatic carboxylic acids is 1. The number of benzene rings is 1. The number of aryl methyl sites for hydroxylation is 1. The molecule has 0 unspecified atom stereocenters. The Hall–Kier alpha value is -2.50. The van der Waals surface area contributed by atoms with Gasteiger partial charge in [-0.3, -0.25) is 0 Å². The van der Waals surface area contributed by atoms with Crippen LogP contribution >= 0.6 is 0 Å². The Morgan fingerprint density at radius 2 is 2.19 bits per heavy atom. The fourth-order valence-corrected chi connectivity index (χ4v) is 2.67. The molecule has 0 saturated carbocycles. The summed E-state index contributed by atoms with van der Waals surface area (Å²) in [5.41, 5.74) is 1.99. The first-order valence-electron chi connectivity index (χ1n) is 6.87. The van der Waals surface area contributed by atoms with E-state index >= 15 is 0 Å². The van der Waals surface area contributed by atoms with Crippen LogP contribution in [0, 0.1) is 0 Å². The second-order valence-corrected chi connectivity index (χ2v) is 4.98. The van der Waals surface area contributed by atoms with Crippen molar-refractivity contribution < 1.29 is 14.6 Å². The average Bonchev–Trinajstić information content (AvgIpc) is 3.03. The lowest BCUT2D eigenvalue weighted by molar-refractivity contribution is 0.0697. The molecule has 1 aromatic carbocycles. The van der Waals surface area contributed by atoms with Crippen LogP contribution in [0.5, 0.6) is 5.75 Å². The third-order valence-corrected chi connectivity index (χ3v) is 3.76. The highest BCUT2D eigenvalue weighted by atomic mass is 16.5. The quantitative estimate of drug-likeness (QED) is 0.902. The van der Waals surface area contributed by atoms with Gasteiger partial charge in [-0.2, -0.15) is 5.10 Å². The lowest BCUT2D eigenvalue weighted by atomic mass is 10.1. The Kier molecular flexibility index (Phi) is 3.29. The van der Waals surface area contributed by atoms with Crippen molar-refractivity contribution in [1.29, 1.82) is 0 Å². The zero-order chi connectivity index (χ0) is 15.0. The Bertz CT molecular complexity index is 676. The van der Waals surface area contributed by atoms with Gasteiger partial charge in [0.1, 0.15) is 17.1 Å². The summed E-state index contributed by atoms with van der Waals surface area (Å²) in [6.45, 7) is 2.54. The van der Waals surface area contributed by atoms with Crippen LogP contribution in [0.3, 0.4) is 0 Å². The van der Waals surface area contributed by atoms with E-state index in [4.69, 9.17) is 4.74 Å². The van der Waals surface area contributed by atoms with Crippen molar-refractivity contribution in [2.75, 3.05) is 12.4 Å². The van der Waals surface area contributed by atoms with Crippen LogP contribution in [0.15, 0.2) is 24.3 Å². The van der Waals surface area contributed by atoms with Gasteiger partial charge in [-0.1, -0.05) is 19.1 Å². The molecule has 0 radical (unpaired) electrons. The zero-order valence-electron chi connectivity index (χ0n) is 12.0. The van der Waals surface area contributed by atoms with Gasteiger partial charge in [-0.15, -0.1) is 0 Å². The van der Waals surface area contributed by atoms with Crippen molar-refractivity contribution in [3.8, 4) is 5.75 Å². The van der Waals surface area contributed by atoms with Crippen molar-refractivity contribution in [3.63, 3.8) is 0 Å². The molecular formula is C15H17N3O3. The third-order valence-electron chi connectivity index (χ3n) is 3.76. The van der Waals surface area contributed by atoms with Crippen LogP contribution in [0.1, 0.15) is 34.6 Å². The molecule has 2 heterocycles. The minimum atomic E-state index is -0.934. The van der Waals surface area contributed by atoms with Gasteiger partial charge >= 0.3 is 5.97 Å². The van der Waals surface area contributed by atoms with E-state index in [1.54, 1.807) is 11.8 Å². The summed E-state index contributed by atoms with van der Waals surface area (Å²) in [6.07, 6.45) is 0.608. The smallest absolute Gasteiger partial charge is 0.341 e. The van der Waals surface area contributed by atoms with Crippen LogP contribution in [-0.4, -0.2) is 28.0 Å². The summed E-state index contributed by atoms with van der Waals surface area (Å²) < 4.78 is 6.89.